The molecule has 0 spiro atoms. The van der Waals surface area contributed by atoms with Crippen LogP contribution in [0, 0.1) is 20.8 Å². The van der Waals surface area contributed by atoms with E-state index >= 15 is 0 Å². The molecule has 1 amide bonds. The van der Waals surface area contributed by atoms with Gasteiger partial charge in [0.15, 0.2) is 11.6 Å². The molecule has 2 N–H and O–H groups in total. The van der Waals surface area contributed by atoms with Crippen molar-refractivity contribution in [2.75, 3.05) is 0 Å². The summed E-state index contributed by atoms with van der Waals surface area (Å²) in [7, 11) is 0. The Morgan fingerprint density at radius 3 is 2.82 bits per heavy atom. The third-order valence-corrected chi connectivity index (χ3v) is 6.42. The highest BCUT2D eigenvalue weighted by molar-refractivity contribution is 7.15. The molecule has 0 radical (unpaired) electrons. The van der Waals surface area contributed by atoms with Crippen LogP contribution in [0.2, 0.25) is 0 Å². The van der Waals surface area contributed by atoms with Crippen molar-refractivity contribution < 1.29 is 9.32 Å². The smallest absolute Gasteiger partial charge is 0.253 e. The zero-order chi connectivity index (χ0) is 23.1. The molecule has 0 saturated carbocycles. The number of fused-ring (bicyclic) bond motifs is 1. The van der Waals surface area contributed by atoms with Crippen molar-refractivity contribution in [2.45, 2.75) is 33.7 Å². The lowest BCUT2D eigenvalue weighted by Crippen LogP contribution is -2.28. The van der Waals surface area contributed by atoms with Crippen LogP contribution in [0.1, 0.15) is 46.5 Å². The van der Waals surface area contributed by atoms with Crippen molar-refractivity contribution in [3.8, 4) is 10.6 Å². The largest absolute Gasteiger partial charge is 0.361 e. The van der Waals surface area contributed by atoms with E-state index in [1.807, 2.05) is 31.5 Å². The van der Waals surface area contributed by atoms with E-state index in [0.717, 1.165) is 21.8 Å². The highest BCUT2D eigenvalue weighted by Crippen LogP contribution is 2.35. The molecule has 4 aromatic rings. The van der Waals surface area contributed by atoms with Crippen LogP contribution < -0.4 is 5.32 Å². The van der Waals surface area contributed by atoms with Crippen molar-refractivity contribution in [1.29, 1.82) is 0 Å². The van der Waals surface area contributed by atoms with E-state index in [1.54, 1.807) is 23.6 Å². The Morgan fingerprint density at radius 1 is 1.30 bits per heavy atom. The summed E-state index contributed by atoms with van der Waals surface area (Å²) in [5.74, 6) is 1.64. The number of hydrogen-bond donors (Lipinski definition) is 2. The van der Waals surface area contributed by atoms with Gasteiger partial charge in [0.2, 0.25) is 0 Å². The Bertz CT molecular complexity index is 1430. The van der Waals surface area contributed by atoms with Gasteiger partial charge in [-0.15, -0.1) is 27.3 Å². The quantitative estimate of drug-likeness (QED) is 0.437. The van der Waals surface area contributed by atoms with E-state index in [0.29, 0.717) is 28.6 Å². The van der Waals surface area contributed by atoms with E-state index in [1.165, 1.54) is 11.2 Å². The molecule has 1 atom stereocenters. The number of thiophene rings is 1. The topological polar surface area (TPSA) is 115 Å². The molecule has 10 heteroatoms. The second-order valence-corrected chi connectivity index (χ2v) is 9.05. The first-order valence-corrected chi connectivity index (χ1v) is 11.2. The summed E-state index contributed by atoms with van der Waals surface area (Å²) in [5.41, 5.74) is 6.86. The Labute approximate surface area is 193 Å². The highest BCUT2D eigenvalue weighted by atomic mass is 32.1. The number of carbonyl (C=O) groups excluding carboxylic acids is 1. The van der Waals surface area contributed by atoms with E-state index < -0.39 is 0 Å². The maximum atomic E-state index is 13.2. The van der Waals surface area contributed by atoms with Gasteiger partial charge in [0, 0.05) is 11.1 Å². The molecule has 0 saturated heterocycles. The normalized spacial score (nSPS) is 13.8. The van der Waals surface area contributed by atoms with Gasteiger partial charge in [-0.3, -0.25) is 9.36 Å². The number of hydrogen-bond acceptors (Lipinski definition) is 7. The third-order valence-electron chi connectivity index (χ3n) is 5.39. The number of amides is 1. The van der Waals surface area contributed by atoms with Crippen molar-refractivity contribution in [2.24, 2.45) is 0 Å². The number of aromatic nitrogens is 6. The molecule has 0 bridgehead atoms. The molecule has 166 valence electrons. The number of carbonyl (C=O) groups is 1. The molecule has 9 nitrogen and oxygen atoms in total. The maximum absolute atomic E-state index is 13.2. The second kappa shape index (κ2) is 8.16. The number of nitrogens with zero attached hydrogens (tertiary/aromatic N) is 5. The van der Waals surface area contributed by atoms with Crippen molar-refractivity contribution in [3.05, 3.63) is 75.6 Å². The van der Waals surface area contributed by atoms with Crippen LogP contribution >= 0.6 is 11.3 Å². The van der Waals surface area contributed by atoms with Crippen LogP contribution in [-0.4, -0.2) is 35.8 Å². The van der Waals surface area contributed by atoms with Gasteiger partial charge in [0.25, 0.3) is 5.91 Å². The molecule has 1 aliphatic heterocycles. The summed E-state index contributed by atoms with van der Waals surface area (Å²) in [4.78, 5) is 23.0. The van der Waals surface area contributed by atoms with Crippen LogP contribution in [0.25, 0.3) is 22.3 Å². The standard InChI is InChI=1S/C23H21N7O2S/c1-12-5-8-19(33-12)18-9-24-22-17(20-13(2)29-32-15(20)4)7-6-16(10-30(18)22)23(31)27-14(3)21-25-11-26-28-21/h5-6,8-11,14H,1-4H3,(H,27,31)(H,25,26,28)/t14-/m0/s1. The fraction of sp³-hybridized carbons (Fsp3) is 0.217. The number of aryl methyl sites for hydroxylation is 3. The minimum Gasteiger partial charge on any atom is -0.361 e. The summed E-state index contributed by atoms with van der Waals surface area (Å²) in [6, 6.07) is 3.78. The van der Waals surface area contributed by atoms with Gasteiger partial charge in [-0.05, 0) is 45.9 Å². The Kier molecular flexibility index (Phi) is 5.16. The first-order valence-electron chi connectivity index (χ1n) is 10.4. The number of imidazole rings is 1. The van der Waals surface area contributed by atoms with Gasteiger partial charge in [0.05, 0.1) is 45.2 Å². The third kappa shape index (κ3) is 3.75. The number of rotatable bonds is 5. The maximum Gasteiger partial charge on any atom is 0.253 e. The number of nitrogens with one attached hydrogen (secondary N) is 2. The Balaban J connectivity index is 1.63. The molecule has 0 fully saturated rings. The molecule has 0 unspecified atom stereocenters. The van der Waals surface area contributed by atoms with Crippen LogP contribution in [0.4, 0.5) is 0 Å². The van der Waals surface area contributed by atoms with Gasteiger partial charge in [0.1, 0.15) is 12.1 Å². The van der Waals surface area contributed by atoms with Gasteiger partial charge in [-0.2, -0.15) is 0 Å². The van der Waals surface area contributed by atoms with E-state index in [4.69, 9.17) is 9.51 Å². The summed E-state index contributed by atoms with van der Waals surface area (Å²) >= 11 is 1.67. The van der Waals surface area contributed by atoms with E-state index in [9.17, 15) is 4.79 Å². The summed E-state index contributed by atoms with van der Waals surface area (Å²) in [5, 5.41) is 14.8. The summed E-state index contributed by atoms with van der Waals surface area (Å²) < 4.78 is 7.32. The molecule has 33 heavy (non-hydrogen) atoms. The van der Waals surface area contributed by atoms with Crippen LogP contribution in [0.5, 0.6) is 0 Å². The van der Waals surface area contributed by atoms with Gasteiger partial charge >= 0.3 is 0 Å². The molecule has 0 aliphatic carbocycles. The minimum atomic E-state index is -0.342. The monoisotopic (exact) mass is 459 g/mol. The Hall–Kier alpha value is -4.01. The number of H-pyrrole nitrogens is 1. The first kappa shape index (κ1) is 20.9. The van der Waals surface area contributed by atoms with Crippen LogP contribution in [-0.2, 0) is 4.79 Å². The second-order valence-electron chi connectivity index (χ2n) is 7.76. The number of aromatic amines is 1. The first-order chi connectivity index (χ1) is 15.9. The molecule has 5 heterocycles. The molecule has 4 aromatic heterocycles. The lowest BCUT2D eigenvalue weighted by atomic mass is 10.0. The van der Waals surface area contributed by atoms with Gasteiger partial charge < -0.3 is 14.8 Å². The average molecular weight is 460 g/mol. The molecule has 0 aromatic carbocycles. The predicted molar refractivity (Wildman–Crippen MR) is 124 cm³/mol. The van der Waals surface area contributed by atoms with E-state index in [-0.39, 0.29) is 11.9 Å². The summed E-state index contributed by atoms with van der Waals surface area (Å²) in [6.07, 6.45) is 6.75. The van der Waals surface area contributed by atoms with Gasteiger partial charge in [-0.25, -0.2) is 4.98 Å². The van der Waals surface area contributed by atoms with Crippen LogP contribution in [0.15, 0.2) is 46.6 Å². The SMILES string of the molecule is Cc1ccc(-c2cnc3n2C=C(C(=O)N[C@@H](C)c2nnc[nH]2)C=C=C3c2c(C)noc2C)s1. The fourth-order valence-electron chi connectivity index (χ4n) is 3.74. The van der Waals surface area contributed by atoms with Crippen molar-refractivity contribution >= 4 is 29.0 Å². The molecule has 5 rings (SSSR count). The highest BCUT2D eigenvalue weighted by Gasteiger charge is 2.25. The summed E-state index contributed by atoms with van der Waals surface area (Å²) in [6.45, 7) is 7.63. The van der Waals surface area contributed by atoms with Crippen molar-refractivity contribution in [3.63, 3.8) is 0 Å². The van der Waals surface area contributed by atoms with E-state index in [2.05, 4.69) is 50.4 Å². The van der Waals surface area contributed by atoms with Crippen molar-refractivity contribution in [1.82, 2.24) is 35.2 Å². The lowest BCUT2D eigenvalue weighted by Gasteiger charge is -2.12. The molecular formula is C23H21N7O2S. The van der Waals surface area contributed by atoms with Gasteiger partial charge in [-0.1, -0.05) is 5.16 Å². The zero-order valence-corrected chi connectivity index (χ0v) is 19.3. The minimum absolute atomic E-state index is 0.264. The molecule has 1 aliphatic rings. The zero-order valence-electron chi connectivity index (χ0n) is 18.5. The molecular weight excluding hydrogens is 438 g/mol. The van der Waals surface area contributed by atoms with Crippen LogP contribution in [0.3, 0.4) is 0 Å². The predicted octanol–water partition coefficient (Wildman–Crippen LogP) is 3.96. The fourth-order valence-corrected chi connectivity index (χ4v) is 4.62. The average Bonchev–Trinajstić information content (AvgIpc) is 3.57. The Morgan fingerprint density at radius 2 is 2.15 bits per heavy atom. The lowest BCUT2D eigenvalue weighted by molar-refractivity contribution is -0.117.